The molecule has 1 heteroatoms. The first-order valence-corrected chi connectivity index (χ1v) is 7.92. The maximum atomic E-state index is 2.25. The van der Waals surface area contributed by atoms with Crippen LogP contribution in [-0.4, -0.2) is 0 Å². The van der Waals surface area contributed by atoms with Crippen LogP contribution in [0.15, 0.2) is 84.2 Å². The highest BCUT2D eigenvalue weighted by atomic mass is 32.1. The molecule has 1 aromatic heterocycles. The SMILES string of the molecule is c1ccc(-c2ccc3sccc3c2-c2ccccc2)cc1. The molecule has 0 spiro atoms. The van der Waals surface area contributed by atoms with Crippen molar-refractivity contribution in [3.8, 4) is 22.3 Å². The van der Waals surface area contributed by atoms with Crippen molar-refractivity contribution in [3.63, 3.8) is 0 Å². The molecule has 0 atom stereocenters. The summed E-state index contributed by atoms with van der Waals surface area (Å²) in [6.07, 6.45) is 0. The van der Waals surface area contributed by atoms with Crippen LogP contribution in [0.2, 0.25) is 0 Å². The van der Waals surface area contributed by atoms with Crippen molar-refractivity contribution in [1.29, 1.82) is 0 Å². The molecule has 0 fully saturated rings. The lowest BCUT2D eigenvalue weighted by Crippen LogP contribution is -1.85. The van der Waals surface area contributed by atoms with Crippen molar-refractivity contribution < 1.29 is 0 Å². The molecule has 4 aromatic rings. The second-order valence-electron chi connectivity index (χ2n) is 5.05. The molecule has 3 aromatic carbocycles. The third kappa shape index (κ3) is 2.16. The Labute approximate surface area is 128 Å². The van der Waals surface area contributed by atoms with Gasteiger partial charge in [-0.05, 0) is 39.8 Å². The predicted octanol–water partition coefficient (Wildman–Crippen LogP) is 6.24. The second-order valence-corrected chi connectivity index (χ2v) is 6.00. The molecule has 0 bridgehead atoms. The molecule has 0 saturated heterocycles. The van der Waals surface area contributed by atoms with E-state index in [1.54, 1.807) is 11.3 Å². The molecule has 0 saturated carbocycles. The minimum absolute atomic E-state index is 1.27. The molecular formula is C20H14S. The Morgan fingerprint density at radius 1 is 0.571 bits per heavy atom. The van der Waals surface area contributed by atoms with Crippen LogP contribution in [0.25, 0.3) is 32.3 Å². The highest BCUT2D eigenvalue weighted by molar-refractivity contribution is 7.17. The van der Waals surface area contributed by atoms with E-state index < -0.39 is 0 Å². The average molecular weight is 286 g/mol. The molecule has 4 rings (SSSR count). The Balaban J connectivity index is 2.08. The van der Waals surface area contributed by atoms with Crippen LogP contribution in [0.4, 0.5) is 0 Å². The topological polar surface area (TPSA) is 0 Å². The third-order valence-corrected chi connectivity index (χ3v) is 4.66. The first-order valence-electron chi connectivity index (χ1n) is 7.04. The van der Waals surface area contributed by atoms with E-state index in [0.29, 0.717) is 0 Å². The number of hydrogen-bond acceptors (Lipinski definition) is 1. The summed E-state index contributed by atoms with van der Waals surface area (Å²) in [5.41, 5.74) is 5.18. The van der Waals surface area contributed by atoms with Gasteiger partial charge in [0.05, 0.1) is 0 Å². The van der Waals surface area contributed by atoms with Crippen LogP contribution >= 0.6 is 11.3 Å². The summed E-state index contributed by atoms with van der Waals surface area (Å²) in [6.45, 7) is 0. The Kier molecular flexibility index (Phi) is 3.06. The monoisotopic (exact) mass is 286 g/mol. The first-order chi connectivity index (χ1) is 10.4. The maximum absolute atomic E-state index is 2.25. The van der Waals surface area contributed by atoms with E-state index in [1.807, 2.05) is 0 Å². The van der Waals surface area contributed by atoms with Crippen LogP contribution in [0.1, 0.15) is 0 Å². The minimum atomic E-state index is 1.27. The van der Waals surface area contributed by atoms with Gasteiger partial charge in [0, 0.05) is 10.1 Å². The third-order valence-electron chi connectivity index (χ3n) is 3.78. The van der Waals surface area contributed by atoms with Gasteiger partial charge in [-0.15, -0.1) is 11.3 Å². The van der Waals surface area contributed by atoms with E-state index in [2.05, 4.69) is 84.2 Å². The zero-order valence-corrected chi connectivity index (χ0v) is 12.3. The van der Waals surface area contributed by atoms with Crippen molar-refractivity contribution in [2.45, 2.75) is 0 Å². The van der Waals surface area contributed by atoms with Crippen LogP contribution < -0.4 is 0 Å². The van der Waals surface area contributed by atoms with E-state index in [-0.39, 0.29) is 0 Å². The van der Waals surface area contributed by atoms with Crippen molar-refractivity contribution in [1.82, 2.24) is 0 Å². The molecule has 0 aliphatic heterocycles. The summed E-state index contributed by atoms with van der Waals surface area (Å²) in [4.78, 5) is 0. The van der Waals surface area contributed by atoms with Gasteiger partial charge in [0.25, 0.3) is 0 Å². The van der Waals surface area contributed by atoms with Crippen molar-refractivity contribution in [3.05, 3.63) is 84.2 Å². The van der Waals surface area contributed by atoms with E-state index in [4.69, 9.17) is 0 Å². The average Bonchev–Trinajstić information content (AvgIpc) is 3.04. The molecule has 1 heterocycles. The molecule has 0 amide bonds. The van der Waals surface area contributed by atoms with Crippen molar-refractivity contribution in [2.24, 2.45) is 0 Å². The molecular weight excluding hydrogens is 272 g/mol. The molecule has 0 aliphatic rings. The van der Waals surface area contributed by atoms with Gasteiger partial charge < -0.3 is 0 Å². The highest BCUT2D eigenvalue weighted by Gasteiger charge is 2.11. The summed E-state index contributed by atoms with van der Waals surface area (Å²) < 4.78 is 1.34. The van der Waals surface area contributed by atoms with Gasteiger partial charge in [0.1, 0.15) is 0 Å². The normalized spacial score (nSPS) is 10.9. The number of fused-ring (bicyclic) bond motifs is 1. The first kappa shape index (κ1) is 12.4. The zero-order valence-electron chi connectivity index (χ0n) is 11.5. The summed E-state index contributed by atoms with van der Waals surface area (Å²) in [6, 6.07) is 28.0. The Morgan fingerprint density at radius 3 is 1.95 bits per heavy atom. The van der Waals surface area contributed by atoms with Gasteiger partial charge in [-0.2, -0.15) is 0 Å². The number of thiophene rings is 1. The number of hydrogen-bond donors (Lipinski definition) is 0. The van der Waals surface area contributed by atoms with Crippen molar-refractivity contribution >= 4 is 21.4 Å². The fourth-order valence-electron chi connectivity index (χ4n) is 2.82. The van der Waals surface area contributed by atoms with Gasteiger partial charge >= 0.3 is 0 Å². The Morgan fingerprint density at radius 2 is 1.24 bits per heavy atom. The molecule has 0 aliphatic carbocycles. The maximum Gasteiger partial charge on any atom is 0.0349 e. The van der Waals surface area contributed by atoms with Crippen LogP contribution in [0, 0.1) is 0 Å². The summed E-state index contributed by atoms with van der Waals surface area (Å²) in [7, 11) is 0. The lowest BCUT2D eigenvalue weighted by molar-refractivity contribution is 1.62. The molecule has 0 unspecified atom stereocenters. The highest BCUT2D eigenvalue weighted by Crippen LogP contribution is 2.39. The van der Waals surface area contributed by atoms with Crippen LogP contribution in [0.3, 0.4) is 0 Å². The second kappa shape index (κ2) is 5.19. The fraction of sp³-hybridized carbons (Fsp3) is 0. The number of benzene rings is 3. The van der Waals surface area contributed by atoms with Gasteiger partial charge in [-0.25, -0.2) is 0 Å². The van der Waals surface area contributed by atoms with Gasteiger partial charge in [-0.3, -0.25) is 0 Å². The van der Waals surface area contributed by atoms with Crippen molar-refractivity contribution in [2.75, 3.05) is 0 Å². The fourth-order valence-corrected chi connectivity index (χ4v) is 3.61. The minimum Gasteiger partial charge on any atom is -0.144 e. The van der Waals surface area contributed by atoms with Crippen LogP contribution in [0.5, 0.6) is 0 Å². The lowest BCUT2D eigenvalue weighted by atomic mass is 9.92. The van der Waals surface area contributed by atoms with Gasteiger partial charge in [-0.1, -0.05) is 66.7 Å². The largest absolute Gasteiger partial charge is 0.144 e. The zero-order chi connectivity index (χ0) is 14.1. The van der Waals surface area contributed by atoms with E-state index >= 15 is 0 Å². The van der Waals surface area contributed by atoms with Gasteiger partial charge in [0.2, 0.25) is 0 Å². The molecule has 21 heavy (non-hydrogen) atoms. The lowest BCUT2D eigenvalue weighted by Gasteiger charge is -2.12. The summed E-state index contributed by atoms with van der Waals surface area (Å²) >= 11 is 1.80. The summed E-state index contributed by atoms with van der Waals surface area (Å²) in [5.74, 6) is 0. The standard InChI is InChI=1S/C20H14S/c1-3-7-15(8-4-1)17-11-12-19-18(13-14-21-19)20(17)16-9-5-2-6-10-16/h1-14H. The molecule has 0 N–H and O–H groups in total. The van der Waals surface area contributed by atoms with Crippen LogP contribution in [-0.2, 0) is 0 Å². The van der Waals surface area contributed by atoms with Gasteiger partial charge in [0.15, 0.2) is 0 Å². The number of rotatable bonds is 2. The molecule has 0 radical (unpaired) electrons. The molecule has 100 valence electrons. The smallest absolute Gasteiger partial charge is 0.0349 e. The predicted molar refractivity (Wildman–Crippen MR) is 92.7 cm³/mol. The van der Waals surface area contributed by atoms with E-state index in [0.717, 1.165) is 0 Å². The Bertz CT molecular complexity index is 874. The quantitative estimate of drug-likeness (QED) is 0.409. The Hall–Kier alpha value is -2.38. The van der Waals surface area contributed by atoms with E-state index in [1.165, 1.54) is 32.3 Å². The van der Waals surface area contributed by atoms with E-state index in [9.17, 15) is 0 Å². The molecule has 0 nitrogen and oxygen atoms in total. The summed E-state index contributed by atoms with van der Waals surface area (Å²) in [5, 5.41) is 3.51.